The van der Waals surface area contributed by atoms with E-state index in [0.29, 0.717) is 10.4 Å². The first-order chi connectivity index (χ1) is 6.22. The zero-order valence-electron chi connectivity index (χ0n) is 6.79. The second kappa shape index (κ2) is 2.99. The Kier molecular flexibility index (Phi) is 1.95. The average molecular weight is 245 g/mol. The zero-order chi connectivity index (χ0) is 9.42. The lowest BCUT2D eigenvalue weighted by Gasteiger charge is -2.01. The highest BCUT2D eigenvalue weighted by Crippen LogP contribution is 2.20. The van der Waals surface area contributed by atoms with E-state index in [9.17, 15) is 4.39 Å². The fraction of sp³-hybridized carbons (Fsp3) is 0.125. The number of rotatable bonds is 1. The maximum Gasteiger partial charge on any atom is 0.174 e. The Hall–Kier alpha value is -1.10. The number of nitrogens with zero attached hydrogens (tertiary/aromatic N) is 2. The van der Waals surface area contributed by atoms with Gasteiger partial charge in [-0.1, -0.05) is 0 Å². The predicted molar refractivity (Wildman–Crippen MR) is 49.4 cm³/mol. The van der Waals surface area contributed by atoms with Crippen molar-refractivity contribution in [1.82, 2.24) is 9.38 Å². The maximum atomic E-state index is 13.3. The molecule has 0 aromatic carbocycles. The highest BCUT2D eigenvalue weighted by atomic mass is 79.9. The van der Waals surface area contributed by atoms with E-state index in [1.165, 1.54) is 19.4 Å². The SMILES string of the molecule is COc1cc(F)c2ncc(Br)n2c1. The lowest BCUT2D eigenvalue weighted by atomic mass is 10.4. The third-order valence-electron chi connectivity index (χ3n) is 1.73. The molecular formula is C8H6BrFN2O. The molecule has 3 nitrogen and oxygen atoms in total. The van der Waals surface area contributed by atoms with Gasteiger partial charge in [0.05, 0.1) is 19.5 Å². The number of aromatic nitrogens is 2. The molecule has 0 N–H and O–H groups in total. The number of hydrogen-bond acceptors (Lipinski definition) is 2. The lowest BCUT2D eigenvalue weighted by Crippen LogP contribution is -1.92. The van der Waals surface area contributed by atoms with Gasteiger partial charge in [0.25, 0.3) is 0 Å². The molecule has 0 aliphatic rings. The van der Waals surface area contributed by atoms with Gasteiger partial charge in [-0.15, -0.1) is 0 Å². The molecule has 0 aliphatic carbocycles. The molecule has 0 bridgehead atoms. The van der Waals surface area contributed by atoms with Crippen LogP contribution in [0.15, 0.2) is 23.1 Å². The van der Waals surface area contributed by atoms with Gasteiger partial charge in [0, 0.05) is 6.07 Å². The van der Waals surface area contributed by atoms with Crippen molar-refractivity contribution in [3.8, 4) is 5.75 Å². The minimum atomic E-state index is -0.398. The molecule has 2 aromatic rings. The predicted octanol–water partition coefficient (Wildman–Crippen LogP) is 2.24. The van der Waals surface area contributed by atoms with Gasteiger partial charge < -0.3 is 4.74 Å². The normalized spacial score (nSPS) is 10.7. The summed E-state index contributed by atoms with van der Waals surface area (Å²) in [4.78, 5) is 3.88. The van der Waals surface area contributed by atoms with E-state index < -0.39 is 5.82 Å². The van der Waals surface area contributed by atoms with E-state index >= 15 is 0 Å². The second-order valence-corrected chi connectivity index (χ2v) is 3.31. The second-order valence-electron chi connectivity index (χ2n) is 2.50. The Morgan fingerprint density at radius 3 is 3.08 bits per heavy atom. The fourth-order valence-corrected chi connectivity index (χ4v) is 1.48. The van der Waals surface area contributed by atoms with E-state index in [1.807, 2.05) is 0 Å². The molecule has 0 amide bonds. The van der Waals surface area contributed by atoms with Crippen LogP contribution in [0, 0.1) is 5.82 Å². The highest BCUT2D eigenvalue weighted by molar-refractivity contribution is 9.10. The maximum absolute atomic E-state index is 13.3. The molecule has 0 radical (unpaired) electrons. The zero-order valence-corrected chi connectivity index (χ0v) is 8.38. The molecule has 2 rings (SSSR count). The van der Waals surface area contributed by atoms with Crippen LogP contribution in [0.3, 0.4) is 0 Å². The first-order valence-corrected chi connectivity index (χ1v) is 4.38. The van der Waals surface area contributed by atoms with Crippen LogP contribution >= 0.6 is 15.9 Å². The van der Waals surface area contributed by atoms with Crippen molar-refractivity contribution in [2.45, 2.75) is 0 Å². The summed E-state index contributed by atoms with van der Waals surface area (Å²) in [6.07, 6.45) is 3.20. The van der Waals surface area contributed by atoms with Crippen LogP contribution in [0.5, 0.6) is 5.75 Å². The summed E-state index contributed by atoms with van der Waals surface area (Å²) in [6.45, 7) is 0. The number of halogens is 2. The van der Waals surface area contributed by atoms with Crippen molar-refractivity contribution in [3.63, 3.8) is 0 Å². The van der Waals surface area contributed by atoms with Gasteiger partial charge in [0.2, 0.25) is 0 Å². The van der Waals surface area contributed by atoms with E-state index in [1.54, 1.807) is 10.6 Å². The molecule has 0 saturated heterocycles. The largest absolute Gasteiger partial charge is 0.495 e. The van der Waals surface area contributed by atoms with E-state index in [2.05, 4.69) is 20.9 Å². The van der Waals surface area contributed by atoms with Crippen molar-refractivity contribution in [1.29, 1.82) is 0 Å². The molecule has 2 heterocycles. The third kappa shape index (κ3) is 1.29. The Morgan fingerprint density at radius 2 is 2.38 bits per heavy atom. The smallest absolute Gasteiger partial charge is 0.174 e. The van der Waals surface area contributed by atoms with Crippen molar-refractivity contribution >= 4 is 21.6 Å². The van der Waals surface area contributed by atoms with Gasteiger partial charge >= 0.3 is 0 Å². The summed E-state index contributed by atoms with van der Waals surface area (Å²) in [5.41, 5.74) is 0.285. The van der Waals surface area contributed by atoms with Crippen LogP contribution in [-0.4, -0.2) is 16.5 Å². The van der Waals surface area contributed by atoms with Gasteiger partial charge in [-0.3, -0.25) is 4.40 Å². The molecule has 0 unspecified atom stereocenters. The number of hydrogen-bond donors (Lipinski definition) is 0. The highest BCUT2D eigenvalue weighted by Gasteiger charge is 2.07. The van der Waals surface area contributed by atoms with Crippen molar-refractivity contribution in [2.75, 3.05) is 7.11 Å². The molecule has 13 heavy (non-hydrogen) atoms. The Morgan fingerprint density at radius 1 is 1.62 bits per heavy atom. The first-order valence-electron chi connectivity index (χ1n) is 3.58. The number of fused-ring (bicyclic) bond motifs is 1. The van der Waals surface area contributed by atoms with Crippen molar-refractivity contribution in [3.05, 3.63) is 28.9 Å². The molecule has 0 spiro atoms. The quantitative estimate of drug-likeness (QED) is 0.770. The van der Waals surface area contributed by atoms with Crippen molar-refractivity contribution in [2.24, 2.45) is 0 Å². The van der Waals surface area contributed by atoms with Crippen LogP contribution in [0.2, 0.25) is 0 Å². The van der Waals surface area contributed by atoms with Crippen LogP contribution in [0.25, 0.3) is 5.65 Å². The summed E-state index contributed by atoms with van der Waals surface area (Å²) < 4.78 is 20.5. The standard InChI is InChI=1S/C8H6BrFN2O/c1-13-5-2-6(10)8-11-3-7(9)12(8)4-5/h2-4H,1H3. The van der Waals surface area contributed by atoms with Gasteiger partial charge in [0.15, 0.2) is 11.5 Å². The average Bonchev–Trinajstić information content (AvgIpc) is 2.48. The van der Waals surface area contributed by atoms with Crippen LogP contribution < -0.4 is 4.74 Å². The third-order valence-corrected chi connectivity index (χ3v) is 2.31. The Labute approximate surface area is 82.3 Å². The Balaban J connectivity index is 2.80. The summed E-state index contributed by atoms with van der Waals surface area (Å²) in [6, 6.07) is 1.30. The molecule has 0 aliphatic heterocycles. The summed E-state index contributed by atoms with van der Waals surface area (Å²) in [5, 5.41) is 0. The molecule has 0 fully saturated rings. The van der Waals surface area contributed by atoms with Gasteiger partial charge in [0.1, 0.15) is 10.4 Å². The van der Waals surface area contributed by atoms with Gasteiger partial charge in [-0.05, 0) is 15.9 Å². The molecule has 2 aromatic heterocycles. The van der Waals surface area contributed by atoms with Crippen molar-refractivity contribution < 1.29 is 9.13 Å². The van der Waals surface area contributed by atoms with Gasteiger partial charge in [-0.25, -0.2) is 9.37 Å². The molecular weight excluding hydrogens is 239 g/mol. The summed E-state index contributed by atoms with van der Waals surface area (Å²) >= 11 is 3.24. The van der Waals surface area contributed by atoms with E-state index in [-0.39, 0.29) is 5.65 Å². The lowest BCUT2D eigenvalue weighted by molar-refractivity contribution is 0.408. The monoisotopic (exact) mass is 244 g/mol. The minimum absolute atomic E-state index is 0.285. The first kappa shape index (κ1) is 8.50. The van der Waals surface area contributed by atoms with Crippen LogP contribution in [0.1, 0.15) is 0 Å². The Bertz CT molecular complexity index is 455. The molecule has 68 valence electrons. The number of pyridine rings is 1. The fourth-order valence-electron chi connectivity index (χ4n) is 1.11. The number of imidazole rings is 1. The summed E-state index contributed by atoms with van der Waals surface area (Å²) in [5.74, 6) is 0.0637. The summed E-state index contributed by atoms with van der Waals surface area (Å²) in [7, 11) is 1.49. The topological polar surface area (TPSA) is 26.5 Å². The number of ether oxygens (including phenoxy) is 1. The molecule has 0 atom stereocenters. The minimum Gasteiger partial charge on any atom is -0.495 e. The van der Waals surface area contributed by atoms with Crippen LogP contribution in [0.4, 0.5) is 4.39 Å². The van der Waals surface area contributed by atoms with E-state index in [0.717, 1.165) is 0 Å². The van der Waals surface area contributed by atoms with E-state index in [4.69, 9.17) is 4.74 Å². The molecule has 0 saturated carbocycles. The number of methoxy groups -OCH3 is 1. The van der Waals surface area contributed by atoms with Gasteiger partial charge in [-0.2, -0.15) is 0 Å². The molecule has 5 heteroatoms. The van der Waals surface area contributed by atoms with Crippen LogP contribution in [-0.2, 0) is 0 Å².